The SMILES string of the molecule is O=C(Nc1ccc(F)cc1)N1CCN(C(=O)c2ccc(S(=O)(=O)C(F)F)cc2)CC1. The van der Waals surface area contributed by atoms with Crippen LogP contribution in [0, 0.1) is 5.82 Å². The first kappa shape index (κ1) is 21.6. The Morgan fingerprint density at radius 3 is 1.93 bits per heavy atom. The van der Waals surface area contributed by atoms with Crippen molar-refractivity contribution in [2.75, 3.05) is 31.5 Å². The van der Waals surface area contributed by atoms with Gasteiger partial charge in [0, 0.05) is 37.4 Å². The molecule has 0 unspecified atom stereocenters. The molecular weight excluding hydrogens is 423 g/mol. The van der Waals surface area contributed by atoms with Crippen LogP contribution in [-0.4, -0.2) is 62.1 Å². The van der Waals surface area contributed by atoms with E-state index in [1.807, 2.05) is 0 Å². The second-order valence-corrected chi connectivity index (χ2v) is 8.46. The Labute approximate surface area is 171 Å². The molecule has 0 bridgehead atoms. The lowest BCUT2D eigenvalue weighted by Gasteiger charge is -2.34. The van der Waals surface area contributed by atoms with Gasteiger partial charge in [-0.15, -0.1) is 0 Å². The summed E-state index contributed by atoms with van der Waals surface area (Å²) in [5.41, 5.74) is 0.603. The van der Waals surface area contributed by atoms with Crippen LogP contribution >= 0.6 is 0 Å². The van der Waals surface area contributed by atoms with Crippen molar-refractivity contribution in [1.29, 1.82) is 0 Å². The zero-order valence-corrected chi connectivity index (χ0v) is 16.4. The second kappa shape index (κ2) is 8.74. The molecule has 3 amide bonds. The van der Waals surface area contributed by atoms with Gasteiger partial charge in [0.15, 0.2) is 0 Å². The van der Waals surface area contributed by atoms with Crippen molar-refractivity contribution in [2.24, 2.45) is 0 Å². The molecule has 1 fully saturated rings. The molecule has 2 aromatic carbocycles. The Kier molecular flexibility index (Phi) is 6.30. The van der Waals surface area contributed by atoms with Crippen LogP contribution in [0.15, 0.2) is 53.4 Å². The first-order valence-corrected chi connectivity index (χ1v) is 10.5. The highest BCUT2D eigenvalue weighted by Crippen LogP contribution is 2.19. The van der Waals surface area contributed by atoms with Crippen molar-refractivity contribution < 1.29 is 31.2 Å². The molecule has 0 aliphatic carbocycles. The number of benzene rings is 2. The van der Waals surface area contributed by atoms with E-state index in [0.717, 1.165) is 12.1 Å². The number of hydrogen-bond acceptors (Lipinski definition) is 4. The van der Waals surface area contributed by atoms with Crippen LogP contribution in [0.2, 0.25) is 0 Å². The molecule has 2 aromatic rings. The fourth-order valence-corrected chi connectivity index (χ4v) is 3.64. The monoisotopic (exact) mass is 441 g/mol. The molecule has 0 saturated carbocycles. The molecule has 0 radical (unpaired) electrons. The lowest BCUT2D eigenvalue weighted by atomic mass is 10.2. The van der Waals surface area contributed by atoms with Crippen molar-refractivity contribution in [3.05, 3.63) is 59.9 Å². The van der Waals surface area contributed by atoms with Crippen LogP contribution in [-0.2, 0) is 9.84 Å². The number of anilines is 1. The van der Waals surface area contributed by atoms with E-state index in [1.165, 1.54) is 46.2 Å². The number of piperazine rings is 1. The van der Waals surface area contributed by atoms with Gasteiger partial charge in [0.25, 0.3) is 5.91 Å². The lowest BCUT2D eigenvalue weighted by molar-refractivity contribution is 0.0671. The fourth-order valence-electron chi connectivity index (χ4n) is 2.92. The molecule has 3 rings (SSSR count). The number of urea groups is 1. The third-order valence-electron chi connectivity index (χ3n) is 4.61. The maximum atomic E-state index is 12.9. The summed E-state index contributed by atoms with van der Waals surface area (Å²) >= 11 is 0. The molecule has 11 heteroatoms. The summed E-state index contributed by atoms with van der Waals surface area (Å²) in [6.07, 6.45) is 0. The Bertz CT molecular complexity index is 1020. The molecule has 1 aliphatic rings. The largest absolute Gasteiger partial charge is 0.341 e. The molecule has 0 aromatic heterocycles. The van der Waals surface area contributed by atoms with E-state index in [1.54, 1.807) is 0 Å². The summed E-state index contributed by atoms with van der Waals surface area (Å²) in [7, 11) is -4.72. The van der Waals surface area contributed by atoms with Gasteiger partial charge in [-0.1, -0.05) is 0 Å². The predicted octanol–water partition coefficient (Wildman–Crippen LogP) is 2.81. The van der Waals surface area contributed by atoms with Crippen molar-refractivity contribution in [1.82, 2.24) is 9.80 Å². The van der Waals surface area contributed by atoms with Crippen molar-refractivity contribution in [2.45, 2.75) is 10.7 Å². The van der Waals surface area contributed by atoms with Gasteiger partial charge in [0.1, 0.15) is 5.82 Å². The predicted molar refractivity (Wildman–Crippen MR) is 103 cm³/mol. The Balaban J connectivity index is 1.57. The summed E-state index contributed by atoms with van der Waals surface area (Å²) in [6.45, 7) is 1.01. The zero-order chi connectivity index (χ0) is 21.9. The number of nitrogens with one attached hydrogen (secondary N) is 1. The average Bonchev–Trinajstić information content (AvgIpc) is 2.75. The molecule has 1 aliphatic heterocycles. The van der Waals surface area contributed by atoms with E-state index in [2.05, 4.69) is 5.32 Å². The topological polar surface area (TPSA) is 86.8 Å². The Hall–Kier alpha value is -3.08. The maximum Gasteiger partial charge on any atom is 0.341 e. The highest BCUT2D eigenvalue weighted by atomic mass is 32.2. The number of carbonyl (C=O) groups excluding carboxylic acids is 2. The number of alkyl halides is 2. The van der Waals surface area contributed by atoms with Gasteiger partial charge in [-0.2, -0.15) is 8.78 Å². The van der Waals surface area contributed by atoms with Crippen molar-refractivity contribution in [3.8, 4) is 0 Å². The van der Waals surface area contributed by atoms with Gasteiger partial charge < -0.3 is 15.1 Å². The quantitative estimate of drug-likeness (QED) is 0.791. The van der Waals surface area contributed by atoms with Crippen LogP contribution in [0.4, 0.5) is 23.7 Å². The van der Waals surface area contributed by atoms with E-state index in [0.29, 0.717) is 5.69 Å². The van der Waals surface area contributed by atoms with Gasteiger partial charge in [-0.25, -0.2) is 17.6 Å². The molecule has 1 heterocycles. The zero-order valence-electron chi connectivity index (χ0n) is 15.6. The van der Waals surface area contributed by atoms with Gasteiger partial charge in [0.2, 0.25) is 9.84 Å². The second-order valence-electron chi connectivity index (χ2n) is 6.55. The van der Waals surface area contributed by atoms with E-state index in [4.69, 9.17) is 0 Å². The molecule has 0 atom stereocenters. The highest BCUT2D eigenvalue weighted by Gasteiger charge is 2.28. The van der Waals surface area contributed by atoms with Gasteiger partial charge in [-0.05, 0) is 48.5 Å². The number of rotatable bonds is 4. The minimum Gasteiger partial charge on any atom is -0.335 e. The first-order chi connectivity index (χ1) is 14.2. The van der Waals surface area contributed by atoms with Gasteiger partial charge in [-0.3, -0.25) is 4.79 Å². The van der Waals surface area contributed by atoms with Crippen LogP contribution in [0.25, 0.3) is 0 Å². The molecule has 160 valence electrons. The maximum absolute atomic E-state index is 12.9. The summed E-state index contributed by atoms with van der Waals surface area (Å²) < 4.78 is 61.0. The number of hydrogen-bond donors (Lipinski definition) is 1. The Morgan fingerprint density at radius 2 is 1.40 bits per heavy atom. The minimum absolute atomic E-state index is 0.160. The van der Waals surface area contributed by atoms with Gasteiger partial charge in [0.05, 0.1) is 4.90 Å². The van der Waals surface area contributed by atoms with Crippen molar-refractivity contribution >= 4 is 27.5 Å². The molecule has 30 heavy (non-hydrogen) atoms. The van der Waals surface area contributed by atoms with Crippen LogP contribution < -0.4 is 5.32 Å². The number of amides is 3. The smallest absolute Gasteiger partial charge is 0.335 e. The normalized spacial score (nSPS) is 14.7. The standard InChI is InChI=1S/C19H18F3N3O4S/c20-14-3-5-15(6-4-14)23-19(27)25-11-9-24(10-12-25)17(26)13-1-7-16(8-2-13)30(28,29)18(21)22/h1-8,18H,9-12H2,(H,23,27). The van der Waals surface area contributed by atoms with Crippen molar-refractivity contribution in [3.63, 3.8) is 0 Å². The average molecular weight is 441 g/mol. The minimum atomic E-state index is -4.72. The fraction of sp³-hybridized carbons (Fsp3) is 0.263. The summed E-state index contributed by atoms with van der Waals surface area (Å²) in [4.78, 5) is 27.3. The van der Waals surface area contributed by atoms with Crippen LogP contribution in [0.5, 0.6) is 0 Å². The molecule has 0 spiro atoms. The van der Waals surface area contributed by atoms with E-state index in [9.17, 15) is 31.2 Å². The third-order valence-corrected chi connectivity index (χ3v) is 6.01. The van der Waals surface area contributed by atoms with E-state index in [-0.39, 0.29) is 37.8 Å². The van der Waals surface area contributed by atoms with Crippen LogP contribution in [0.3, 0.4) is 0 Å². The molecule has 1 N–H and O–H groups in total. The third kappa shape index (κ3) is 4.73. The number of carbonyl (C=O) groups is 2. The molecule has 1 saturated heterocycles. The lowest BCUT2D eigenvalue weighted by Crippen LogP contribution is -2.51. The van der Waals surface area contributed by atoms with Crippen LogP contribution in [0.1, 0.15) is 10.4 Å². The molecular formula is C19H18F3N3O4S. The number of halogens is 3. The molecule has 7 nitrogen and oxygen atoms in total. The number of nitrogens with zero attached hydrogens (tertiary/aromatic N) is 2. The number of sulfone groups is 1. The van der Waals surface area contributed by atoms with Gasteiger partial charge >= 0.3 is 11.8 Å². The summed E-state index contributed by atoms with van der Waals surface area (Å²) in [5.74, 6) is -4.34. The van der Waals surface area contributed by atoms with E-state index < -0.39 is 32.2 Å². The summed E-state index contributed by atoms with van der Waals surface area (Å²) in [6, 6.07) is 9.26. The first-order valence-electron chi connectivity index (χ1n) is 8.91. The Morgan fingerprint density at radius 1 is 0.867 bits per heavy atom. The highest BCUT2D eigenvalue weighted by molar-refractivity contribution is 7.91. The summed E-state index contributed by atoms with van der Waals surface area (Å²) in [5, 5.41) is 2.64. The van der Waals surface area contributed by atoms with E-state index >= 15 is 0 Å².